The summed E-state index contributed by atoms with van der Waals surface area (Å²) in [5.41, 5.74) is 11.4. The van der Waals surface area contributed by atoms with Gasteiger partial charge in [-0.1, -0.05) is 79.7 Å². The van der Waals surface area contributed by atoms with Crippen LogP contribution in [0.4, 0.5) is 22.7 Å². The SMILES string of the molecule is CC(CN(C)C)CN1c2ccccc2CCc2ccccc21.CNCCCN1c2ccccc2CCc2ccccc21. The third-order valence-corrected chi connectivity index (χ3v) is 8.44. The van der Waals surface area contributed by atoms with Gasteiger partial charge in [-0.15, -0.1) is 0 Å². The molecule has 42 heavy (non-hydrogen) atoms. The van der Waals surface area contributed by atoms with Gasteiger partial charge in [0, 0.05) is 42.4 Å². The molecule has 4 nitrogen and oxygen atoms in total. The highest BCUT2D eigenvalue weighted by Gasteiger charge is 2.22. The lowest BCUT2D eigenvalue weighted by atomic mass is 10.0. The number of anilines is 4. The largest absolute Gasteiger partial charge is 0.341 e. The van der Waals surface area contributed by atoms with Gasteiger partial charge >= 0.3 is 0 Å². The van der Waals surface area contributed by atoms with Gasteiger partial charge in [0.15, 0.2) is 0 Å². The van der Waals surface area contributed by atoms with Crippen molar-refractivity contribution in [2.45, 2.75) is 39.0 Å². The zero-order valence-electron chi connectivity index (χ0n) is 26.0. The molecular weight excluding hydrogens is 512 g/mol. The molecule has 4 aromatic rings. The maximum atomic E-state index is 3.24. The van der Waals surface area contributed by atoms with Crippen LogP contribution in [-0.4, -0.2) is 52.2 Å². The molecule has 2 heterocycles. The van der Waals surface area contributed by atoms with E-state index in [4.69, 9.17) is 0 Å². The van der Waals surface area contributed by atoms with Crippen LogP contribution in [-0.2, 0) is 25.7 Å². The Morgan fingerprint density at radius 1 is 0.619 bits per heavy atom. The normalized spacial score (nSPS) is 14.4. The summed E-state index contributed by atoms with van der Waals surface area (Å²) in [6, 6.07) is 35.4. The number of aryl methyl sites for hydroxylation is 4. The minimum Gasteiger partial charge on any atom is -0.341 e. The minimum atomic E-state index is 0.620. The fraction of sp³-hybridized carbons (Fsp3) is 0.368. The van der Waals surface area contributed by atoms with E-state index in [1.165, 1.54) is 45.0 Å². The number of nitrogens with one attached hydrogen (secondary N) is 1. The molecular formula is C38H48N4. The van der Waals surface area contributed by atoms with Crippen molar-refractivity contribution in [1.82, 2.24) is 10.2 Å². The molecule has 0 aliphatic carbocycles. The molecule has 0 amide bonds. The van der Waals surface area contributed by atoms with Gasteiger partial charge < -0.3 is 20.0 Å². The van der Waals surface area contributed by atoms with Crippen LogP contribution < -0.4 is 15.1 Å². The first kappa shape index (κ1) is 29.9. The predicted molar refractivity (Wildman–Crippen MR) is 181 cm³/mol. The second-order valence-corrected chi connectivity index (χ2v) is 12.1. The van der Waals surface area contributed by atoms with Crippen molar-refractivity contribution >= 4 is 22.7 Å². The molecule has 0 bridgehead atoms. The molecule has 4 aromatic carbocycles. The number of nitrogens with zero attached hydrogens (tertiary/aromatic N) is 3. The Labute approximate surface area is 254 Å². The summed E-state index contributed by atoms with van der Waals surface area (Å²) in [5, 5.41) is 3.24. The Bertz CT molecular complexity index is 1330. The van der Waals surface area contributed by atoms with E-state index in [9.17, 15) is 0 Å². The summed E-state index contributed by atoms with van der Waals surface area (Å²) in [6.07, 6.45) is 5.68. The first-order valence-electron chi connectivity index (χ1n) is 15.7. The van der Waals surface area contributed by atoms with Crippen molar-refractivity contribution in [3.63, 3.8) is 0 Å². The Balaban J connectivity index is 0.000000169. The molecule has 1 N–H and O–H groups in total. The van der Waals surface area contributed by atoms with Crippen LogP contribution in [0, 0.1) is 5.92 Å². The van der Waals surface area contributed by atoms with Crippen LogP contribution in [0.3, 0.4) is 0 Å². The van der Waals surface area contributed by atoms with E-state index in [2.05, 4.69) is 138 Å². The summed E-state index contributed by atoms with van der Waals surface area (Å²) in [5.74, 6) is 0.620. The third kappa shape index (κ3) is 7.24. The molecule has 0 saturated heterocycles. The van der Waals surface area contributed by atoms with E-state index < -0.39 is 0 Å². The van der Waals surface area contributed by atoms with Crippen molar-refractivity contribution in [3.8, 4) is 0 Å². The van der Waals surface area contributed by atoms with Gasteiger partial charge in [-0.3, -0.25) is 0 Å². The molecule has 0 aromatic heterocycles. The zero-order chi connectivity index (χ0) is 29.3. The average Bonchev–Trinajstić information content (AvgIpc) is 3.26. The van der Waals surface area contributed by atoms with Gasteiger partial charge in [0.2, 0.25) is 0 Å². The van der Waals surface area contributed by atoms with Gasteiger partial charge in [-0.2, -0.15) is 0 Å². The fourth-order valence-corrected chi connectivity index (χ4v) is 6.58. The molecule has 220 valence electrons. The zero-order valence-corrected chi connectivity index (χ0v) is 26.0. The molecule has 4 heteroatoms. The maximum absolute atomic E-state index is 3.24. The number of benzene rings is 4. The second kappa shape index (κ2) is 14.5. The highest BCUT2D eigenvalue weighted by Crippen LogP contribution is 2.37. The van der Waals surface area contributed by atoms with Crippen molar-refractivity contribution < 1.29 is 0 Å². The monoisotopic (exact) mass is 560 g/mol. The smallest absolute Gasteiger partial charge is 0.0443 e. The van der Waals surface area contributed by atoms with Crippen LogP contribution in [0.25, 0.3) is 0 Å². The summed E-state index contributed by atoms with van der Waals surface area (Å²) < 4.78 is 0. The first-order chi connectivity index (χ1) is 20.5. The molecule has 0 radical (unpaired) electrons. The van der Waals surface area contributed by atoms with Crippen molar-refractivity contribution in [3.05, 3.63) is 119 Å². The highest BCUT2D eigenvalue weighted by molar-refractivity contribution is 5.72. The summed E-state index contributed by atoms with van der Waals surface area (Å²) in [7, 11) is 6.33. The summed E-state index contributed by atoms with van der Waals surface area (Å²) in [6.45, 7) is 6.64. The van der Waals surface area contributed by atoms with Gasteiger partial charge in [0.1, 0.15) is 0 Å². The van der Waals surface area contributed by atoms with Crippen LogP contribution in [0.2, 0.25) is 0 Å². The van der Waals surface area contributed by atoms with Gasteiger partial charge in [-0.05, 0) is 112 Å². The van der Waals surface area contributed by atoms with Gasteiger partial charge in [0.25, 0.3) is 0 Å². The Hall–Kier alpha value is -3.60. The Kier molecular flexibility index (Phi) is 10.3. The molecule has 0 spiro atoms. The topological polar surface area (TPSA) is 21.8 Å². The average molecular weight is 561 g/mol. The number of hydrogen-bond donors (Lipinski definition) is 1. The highest BCUT2D eigenvalue weighted by atomic mass is 15.2. The minimum absolute atomic E-state index is 0.620. The predicted octanol–water partition coefficient (Wildman–Crippen LogP) is 7.65. The molecule has 2 aliphatic rings. The van der Waals surface area contributed by atoms with E-state index in [1.807, 2.05) is 7.05 Å². The van der Waals surface area contributed by atoms with E-state index in [0.29, 0.717) is 5.92 Å². The fourth-order valence-electron chi connectivity index (χ4n) is 6.58. The van der Waals surface area contributed by atoms with E-state index in [-0.39, 0.29) is 0 Å². The van der Waals surface area contributed by atoms with E-state index >= 15 is 0 Å². The molecule has 0 fully saturated rings. The summed E-state index contributed by atoms with van der Waals surface area (Å²) in [4.78, 5) is 7.31. The molecule has 0 saturated carbocycles. The lowest BCUT2D eigenvalue weighted by Gasteiger charge is -2.30. The van der Waals surface area contributed by atoms with Crippen LogP contribution >= 0.6 is 0 Å². The van der Waals surface area contributed by atoms with Crippen LogP contribution in [0.5, 0.6) is 0 Å². The summed E-state index contributed by atoms with van der Waals surface area (Å²) >= 11 is 0. The van der Waals surface area contributed by atoms with Crippen LogP contribution in [0.1, 0.15) is 35.6 Å². The van der Waals surface area contributed by atoms with Crippen molar-refractivity contribution in [1.29, 1.82) is 0 Å². The first-order valence-corrected chi connectivity index (χ1v) is 15.7. The third-order valence-electron chi connectivity index (χ3n) is 8.44. The van der Waals surface area contributed by atoms with Crippen LogP contribution in [0.15, 0.2) is 97.1 Å². The number of para-hydroxylation sites is 4. The number of fused-ring (bicyclic) bond motifs is 4. The second-order valence-electron chi connectivity index (χ2n) is 12.1. The van der Waals surface area contributed by atoms with E-state index in [1.54, 1.807) is 0 Å². The van der Waals surface area contributed by atoms with E-state index in [0.717, 1.165) is 58.3 Å². The number of rotatable bonds is 8. The molecule has 1 unspecified atom stereocenters. The van der Waals surface area contributed by atoms with Crippen molar-refractivity contribution in [2.75, 3.05) is 57.1 Å². The Morgan fingerprint density at radius 2 is 1.00 bits per heavy atom. The quantitative estimate of drug-likeness (QED) is 0.223. The molecule has 2 aliphatic heterocycles. The lowest BCUT2D eigenvalue weighted by Crippen LogP contribution is -2.30. The standard InChI is InChI=1S/C20H26N2.C18H22N2/c1-16(14-21(2)3)15-22-19-10-6-4-8-17(19)12-13-18-9-5-7-11-20(18)22;1-19-13-6-14-20-17-9-4-2-7-15(17)11-12-16-8-3-5-10-18(16)20/h4-11,16H,12-15H2,1-3H3;2-5,7-10,19H,6,11-14H2,1H3. The number of hydrogen-bond acceptors (Lipinski definition) is 4. The Morgan fingerprint density at radius 3 is 1.38 bits per heavy atom. The maximum Gasteiger partial charge on any atom is 0.0443 e. The molecule has 1 atom stereocenters. The van der Waals surface area contributed by atoms with Gasteiger partial charge in [-0.25, -0.2) is 0 Å². The van der Waals surface area contributed by atoms with Crippen molar-refractivity contribution in [2.24, 2.45) is 5.92 Å². The molecule has 6 rings (SSSR count). The van der Waals surface area contributed by atoms with Gasteiger partial charge in [0.05, 0.1) is 0 Å². The lowest BCUT2D eigenvalue weighted by molar-refractivity contribution is 0.343.